The first-order valence-electron chi connectivity index (χ1n) is 7.02. The first-order chi connectivity index (χ1) is 9.65. The molecule has 0 aliphatic carbocycles. The van der Waals surface area contributed by atoms with Crippen molar-refractivity contribution in [3.63, 3.8) is 0 Å². The van der Waals surface area contributed by atoms with Gasteiger partial charge in [0.2, 0.25) is 5.91 Å². The summed E-state index contributed by atoms with van der Waals surface area (Å²) in [6.07, 6.45) is 0.611. The highest BCUT2D eigenvalue weighted by molar-refractivity contribution is 5.85. The second kappa shape index (κ2) is 9.00. The highest BCUT2D eigenvalue weighted by atomic mass is 35.5. The number of nitrogens with one attached hydrogen (secondary N) is 1. The van der Waals surface area contributed by atoms with Gasteiger partial charge in [0.05, 0.1) is 18.8 Å². The van der Waals surface area contributed by atoms with Crippen molar-refractivity contribution in [2.45, 2.75) is 18.6 Å². The number of ether oxygens (including phenoxy) is 1. The zero-order valence-electron chi connectivity index (χ0n) is 12.3. The molecule has 0 radical (unpaired) electrons. The number of hydrogen-bond donors (Lipinski definition) is 2. The predicted octanol–water partition coefficient (Wildman–Crippen LogP) is 0.425. The number of amides is 1. The summed E-state index contributed by atoms with van der Waals surface area (Å²) in [6, 6.07) is 9.29. The second-order valence-corrected chi connectivity index (χ2v) is 5.30. The number of rotatable bonds is 5. The molecule has 1 aliphatic heterocycles. The fourth-order valence-electron chi connectivity index (χ4n) is 2.30. The Hall–Kier alpha value is -1.14. The van der Waals surface area contributed by atoms with Crippen molar-refractivity contribution in [2.75, 3.05) is 33.3 Å². The highest BCUT2D eigenvalue weighted by Gasteiger charge is 2.20. The van der Waals surface area contributed by atoms with E-state index in [1.165, 1.54) is 0 Å². The summed E-state index contributed by atoms with van der Waals surface area (Å²) in [5.41, 5.74) is 7.00. The van der Waals surface area contributed by atoms with Gasteiger partial charge in [-0.3, -0.25) is 4.79 Å². The molecule has 1 saturated heterocycles. The van der Waals surface area contributed by atoms with Crippen LogP contribution in [0.5, 0.6) is 0 Å². The minimum absolute atomic E-state index is 0. The van der Waals surface area contributed by atoms with E-state index in [2.05, 4.69) is 17.3 Å². The lowest BCUT2D eigenvalue weighted by atomic mass is 10.1. The maximum atomic E-state index is 12.0. The summed E-state index contributed by atoms with van der Waals surface area (Å²) >= 11 is 0. The zero-order chi connectivity index (χ0) is 14.4. The molecule has 5 nitrogen and oxygen atoms in total. The van der Waals surface area contributed by atoms with Gasteiger partial charge in [0.15, 0.2) is 0 Å². The van der Waals surface area contributed by atoms with E-state index in [0.29, 0.717) is 19.6 Å². The summed E-state index contributed by atoms with van der Waals surface area (Å²) in [5.74, 6) is -0.120. The van der Waals surface area contributed by atoms with Gasteiger partial charge in [0.1, 0.15) is 0 Å². The van der Waals surface area contributed by atoms with Crippen LogP contribution >= 0.6 is 12.4 Å². The Kier molecular flexibility index (Phi) is 7.67. The molecule has 1 aromatic rings. The van der Waals surface area contributed by atoms with E-state index in [1.54, 1.807) is 0 Å². The lowest BCUT2D eigenvalue weighted by Crippen LogP contribution is -2.49. The molecule has 21 heavy (non-hydrogen) atoms. The van der Waals surface area contributed by atoms with E-state index in [4.69, 9.17) is 10.5 Å². The van der Waals surface area contributed by atoms with E-state index < -0.39 is 6.04 Å². The number of carbonyl (C=O) groups excluding carboxylic acids is 1. The quantitative estimate of drug-likeness (QED) is 0.827. The van der Waals surface area contributed by atoms with Gasteiger partial charge in [-0.05, 0) is 19.0 Å². The average molecular weight is 314 g/mol. The molecular formula is C15H24ClN3O2. The molecule has 0 aromatic heterocycles. The van der Waals surface area contributed by atoms with Crippen molar-refractivity contribution in [3.05, 3.63) is 35.9 Å². The van der Waals surface area contributed by atoms with E-state index in [-0.39, 0.29) is 24.4 Å². The Balaban J connectivity index is 0.00000220. The molecule has 2 rings (SSSR count). The third-order valence-electron chi connectivity index (χ3n) is 3.48. The summed E-state index contributed by atoms with van der Waals surface area (Å²) in [4.78, 5) is 14.2. The van der Waals surface area contributed by atoms with Crippen LogP contribution in [0, 0.1) is 0 Å². The van der Waals surface area contributed by atoms with Crippen LogP contribution in [0.3, 0.4) is 0 Å². The van der Waals surface area contributed by atoms with E-state index in [0.717, 1.165) is 18.7 Å². The van der Waals surface area contributed by atoms with Gasteiger partial charge in [0.25, 0.3) is 0 Å². The maximum Gasteiger partial charge on any atom is 0.237 e. The third kappa shape index (κ3) is 6.01. The van der Waals surface area contributed by atoms with Crippen molar-refractivity contribution in [2.24, 2.45) is 5.73 Å². The van der Waals surface area contributed by atoms with Crippen molar-refractivity contribution in [1.29, 1.82) is 0 Å². The Morgan fingerprint density at radius 3 is 2.86 bits per heavy atom. The van der Waals surface area contributed by atoms with Crippen LogP contribution < -0.4 is 11.1 Å². The molecule has 6 heteroatoms. The Labute approximate surface area is 132 Å². The number of morpholine rings is 1. The summed E-state index contributed by atoms with van der Waals surface area (Å²) in [7, 11) is 2.05. The van der Waals surface area contributed by atoms with Crippen molar-refractivity contribution in [1.82, 2.24) is 10.2 Å². The van der Waals surface area contributed by atoms with E-state index in [1.807, 2.05) is 30.3 Å². The van der Waals surface area contributed by atoms with Gasteiger partial charge in [-0.1, -0.05) is 30.3 Å². The van der Waals surface area contributed by atoms with Crippen LogP contribution in [-0.4, -0.2) is 56.2 Å². The van der Waals surface area contributed by atoms with Crippen LogP contribution in [0.25, 0.3) is 0 Å². The molecule has 1 amide bonds. The number of carbonyl (C=O) groups is 1. The predicted molar refractivity (Wildman–Crippen MR) is 85.6 cm³/mol. The van der Waals surface area contributed by atoms with Gasteiger partial charge in [-0.2, -0.15) is 0 Å². The fourth-order valence-corrected chi connectivity index (χ4v) is 2.30. The smallest absolute Gasteiger partial charge is 0.237 e. The molecular weight excluding hydrogens is 290 g/mol. The largest absolute Gasteiger partial charge is 0.374 e. The molecule has 1 aliphatic rings. The second-order valence-electron chi connectivity index (χ2n) is 5.30. The van der Waals surface area contributed by atoms with Crippen molar-refractivity contribution < 1.29 is 9.53 Å². The van der Waals surface area contributed by atoms with Gasteiger partial charge in [-0.25, -0.2) is 0 Å². The summed E-state index contributed by atoms with van der Waals surface area (Å²) in [5, 5.41) is 2.88. The van der Waals surface area contributed by atoms with Gasteiger partial charge < -0.3 is 20.7 Å². The lowest BCUT2D eigenvalue weighted by Gasteiger charge is -2.30. The normalized spacial score (nSPS) is 20.4. The standard InChI is InChI=1S/C15H23N3O2.ClH/c1-18-7-8-20-13(11-18)10-17-15(19)14(16)9-12-5-3-2-4-6-12;/h2-6,13-14H,7-11,16H2,1H3,(H,17,19);1H/t13?,14-;/m0./s1. The highest BCUT2D eigenvalue weighted by Crippen LogP contribution is 2.03. The van der Waals surface area contributed by atoms with Crippen LogP contribution in [0.15, 0.2) is 30.3 Å². The third-order valence-corrected chi connectivity index (χ3v) is 3.48. The molecule has 0 spiro atoms. The number of halogens is 1. The first-order valence-corrected chi connectivity index (χ1v) is 7.02. The summed E-state index contributed by atoms with van der Waals surface area (Å²) in [6.45, 7) is 3.02. The lowest BCUT2D eigenvalue weighted by molar-refractivity contribution is -0.123. The van der Waals surface area contributed by atoms with Crippen LogP contribution in [0.4, 0.5) is 0 Å². The molecule has 1 fully saturated rings. The van der Waals surface area contributed by atoms with Crippen LogP contribution in [0.2, 0.25) is 0 Å². The van der Waals surface area contributed by atoms with Crippen molar-refractivity contribution in [3.8, 4) is 0 Å². The van der Waals surface area contributed by atoms with Gasteiger partial charge in [0, 0.05) is 19.6 Å². The number of hydrogen-bond acceptors (Lipinski definition) is 4. The molecule has 0 bridgehead atoms. The van der Waals surface area contributed by atoms with Crippen LogP contribution in [0.1, 0.15) is 5.56 Å². The maximum absolute atomic E-state index is 12.0. The minimum Gasteiger partial charge on any atom is -0.374 e. The average Bonchev–Trinajstić information content (AvgIpc) is 2.46. The van der Waals surface area contributed by atoms with E-state index >= 15 is 0 Å². The zero-order valence-corrected chi connectivity index (χ0v) is 13.1. The molecule has 1 aromatic carbocycles. The number of likely N-dealkylation sites (N-methyl/N-ethyl adjacent to an activating group) is 1. The van der Waals surface area contributed by atoms with E-state index in [9.17, 15) is 4.79 Å². The number of nitrogens with zero attached hydrogens (tertiary/aromatic N) is 1. The molecule has 118 valence electrons. The molecule has 2 atom stereocenters. The number of nitrogens with two attached hydrogens (primary N) is 1. The monoisotopic (exact) mass is 313 g/mol. The Bertz CT molecular complexity index is 430. The SMILES string of the molecule is CN1CCOC(CNC(=O)[C@@H](N)Cc2ccccc2)C1.Cl. The van der Waals surface area contributed by atoms with Crippen LogP contribution in [-0.2, 0) is 16.0 Å². The Morgan fingerprint density at radius 2 is 2.19 bits per heavy atom. The Morgan fingerprint density at radius 1 is 1.48 bits per heavy atom. The van der Waals surface area contributed by atoms with Gasteiger partial charge >= 0.3 is 0 Å². The fraction of sp³-hybridized carbons (Fsp3) is 0.533. The molecule has 3 N–H and O–H groups in total. The minimum atomic E-state index is -0.515. The number of benzene rings is 1. The molecule has 0 saturated carbocycles. The first kappa shape index (κ1) is 17.9. The topological polar surface area (TPSA) is 67.6 Å². The molecule has 1 heterocycles. The molecule has 1 unspecified atom stereocenters. The van der Waals surface area contributed by atoms with Crippen molar-refractivity contribution >= 4 is 18.3 Å². The van der Waals surface area contributed by atoms with Gasteiger partial charge in [-0.15, -0.1) is 12.4 Å². The summed E-state index contributed by atoms with van der Waals surface area (Å²) < 4.78 is 5.60.